The van der Waals surface area contributed by atoms with Crippen LogP contribution in [0.25, 0.3) is 0 Å². The van der Waals surface area contributed by atoms with Gasteiger partial charge < -0.3 is 10.3 Å². The molecule has 0 fully saturated rings. The number of hydrogen-bond acceptors (Lipinski definition) is 2. The van der Waals surface area contributed by atoms with Crippen LogP contribution < -0.4 is 0 Å². The smallest absolute Gasteiger partial charge is 0.00601 e. The lowest BCUT2D eigenvalue weighted by Crippen LogP contribution is -2.29. The van der Waals surface area contributed by atoms with Gasteiger partial charge in [0, 0.05) is 12.5 Å². The van der Waals surface area contributed by atoms with Crippen molar-refractivity contribution in [2.75, 3.05) is 19.6 Å². The Labute approximate surface area is 70.1 Å². The molecule has 0 bridgehead atoms. The van der Waals surface area contributed by atoms with Crippen LogP contribution in [-0.2, 0) is 0 Å². The summed E-state index contributed by atoms with van der Waals surface area (Å²) in [4.78, 5) is 2.36. The van der Waals surface area contributed by atoms with Crippen LogP contribution in [0.2, 0.25) is 0 Å². The Morgan fingerprint density at radius 2 is 1.82 bits per heavy atom. The molecule has 0 unspecified atom stereocenters. The Morgan fingerprint density at radius 3 is 2.09 bits per heavy atom. The van der Waals surface area contributed by atoms with E-state index >= 15 is 0 Å². The number of hydrogen-bond donors (Lipinski definition) is 1. The van der Waals surface area contributed by atoms with Crippen LogP contribution in [0.5, 0.6) is 0 Å². The van der Waals surface area contributed by atoms with Crippen molar-refractivity contribution < 1.29 is 0 Å². The normalized spacial score (nSPS) is 13.5. The molecule has 0 saturated carbocycles. The SMILES string of the molecule is CC[C@H](C=N)CN(CC)CC. The lowest BCUT2D eigenvalue weighted by Gasteiger charge is -2.21. The molecule has 11 heavy (non-hydrogen) atoms. The predicted octanol–water partition coefficient (Wildman–Crippen LogP) is 2.00. The van der Waals surface area contributed by atoms with Gasteiger partial charge in [-0.05, 0) is 25.7 Å². The van der Waals surface area contributed by atoms with Crippen LogP contribution >= 0.6 is 0 Å². The molecule has 0 rings (SSSR count). The predicted molar refractivity (Wildman–Crippen MR) is 50.4 cm³/mol. The molecular formula is C9H20N2. The lowest BCUT2D eigenvalue weighted by molar-refractivity contribution is 0.279. The Balaban J connectivity index is 3.67. The van der Waals surface area contributed by atoms with Crippen LogP contribution in [0.4, 0.5) is 0 Å². The van der Waals surface area contributed by atoms with Gasteiger partial charge in [-0.25, -0.2) is 0 Å². The molecule has 2 nitrogen and oxygen atoms in total. The third-order valence-electron chi connectivity index (χ3n) is 2.15. The van der Waals surface area contributed by atoms with Gasteiger partial charge in [-0.15, -0.1) is 0 Å². The molecule has 66 valence electrons. The number of rotatable bonds is 6. The van der Waals surface area contributed by atoms with E-state index in [4.69, 9.17) is 5.41 Å². The van der Waals surface area contributed by atoms with Gasteiger partial charge in [0.15, 0.2) is 0 Å². The second-order valence-corrected chi connectivity index (χ2v) is 2.82. The van der Waals surface area contributed by atoms with E-state index in [0.29, 0.717) is 5.92 Å². The summed E-state index contributed by atoms with van der Waals surface area (Å²) in [5, 5.41) is 7.15. The molecule has 0 aromatic rings. The maximum atomic E-state index is 7.15. The van der Waals surface area contributed by atoms with Gasteiger partial charge >= 0.3 is 0 Å². The van der Waals surface area contributed by atoms with E-state index in [-0.39, 0.29) is 0 Å². The average molecular weight is 156 g/mol. The number of nitrogens with one attached hydrogen (secondary N) is 1. The van der Waals surface area contributed by atoms with E-state index in [0.717, 1.165) is 26.1 Å². The van der Waals surface area contributed by atoms with E-state index < -0.39 is 0 Å². The van der Waals surface area contributed by atoms with Crippen molar-refractivity contribution in [2.24, 2.45) is 5.92 Å². The van der Waals surface area contributed by atoms with Crippen LogP contribution in [0, 0.1) is 11.3 Å². The summed E-state index contributed by atoms with van der Waals surface area (Å²) in [6.45, 7) is 9.72. The van der Waals surface area contributed by atoms with Gasteiger partial charge in [0.1, 0.15) is 0 Å². The highest BCUT2D eigenvalue weighted by Gasteiger charge is 2.06. The third kappa shape index (κ3) is 4.14. The van der Waals surface area contributed by atoms with Crippen molar-refractivity contribution in [3.63, 3.8) is 0 Å². The monoisotopic (exact) mass is 156 g/mol. The van der Waals surface area contributed by atoms with Gasteiger partial charge in [-0.1, -0.05) is 20.8 Å². The minimum absolute atomic E-state index is 0.454. The molecule has 0 aromatic heterocycles. The van der Waals surface area contributed by atoms with E-state index in [1.165, 1.54) is 0 Å². The van der Waals surface area contributed by atoms with Crippen molar-refractivity contribution in [3.8, 4) is 0 Å². The van der Waals surface area contributed by atoms with Gasteiger partial charge in [-0.3, -0.25) is 0 Å². The van der Waals surface area contributed by atoms with Crippen molar-refractivity contribution in [3.05, 3.63) is 0 Å². The molecule has 0 spiro atoms. The molecular weight excluding hydrogens is 136 g/mol. The number of nitrogens with zero attached hydrogens (tertiary/aromatic N) is 1. The molecule has 0 saturated heterocycles. The lowest BCUT2D eigenvalue weighted by atomic mass is 10.1. The zero-order chi connectivity index (χ0) is 8.69. The highest BCUT2D eigenvalue weighted by Crippen LogP contribution is 2.01. The first-order valence-corrected chi connectivity index (χ1v) is 4.51. The fourth-order valence-corrected chi connectivity index (χ4v) is 1.11. The standard InChI is InChI=1S/C9H20N2/c1-4-9(7-10)8-11(5-2)6-3/h7,9-10H,4-6,8H2,1-3H3/t9-/m1/s1. The Hall–Kier alpha value is -0.370. The van der Waals surface area contributed by atoms with Gasteiger partial charge in [-0.2, -0.15) is 0 Å². The van der Waals surface area contributed by atoms with Crippen LogP contribution in [0.1, 0.15) is 27.2 Å². The molecule has 1 N–H and O–H groups in total. The Bertz CT molecular complexity index is 97.7. The maximum absolute atomic E-state index is 7.15. The highest BCUT2D eigenvalue weighted by molar-refractivity contribution is 5.56. The molecule has 1 atom stereocenters. The maximum Gasteiger partial charge on any atom is 0.00601 e. The zero-order valence-electron chi connectivity index (χ0n) is 7.93. The molecule has 0 amide bonds. The van der Waals surface area contributed by atoms with E-state index in [1.807, 2.05) is 0 Å². The topological polar surface area (TPSA) is 27.1 Å². The van der Waals surface area contributed by atoms with Crippen LogP contribution in [-0.4, -0.2) is 30.7 Å². The summed E-state index contributed by atoms with van der Waals surface area (Å²) in [5.41, 5.74) is 0. The molecule has 0 aliphatic carbocycles. The molecule has 0 aliphatic rings. The third-order valence-corrected chi connectivity index (χ3v) is 2.15. The first-order chi connectivity index (χ1) is 5.28. The molecule has 0 aromatic carbocycles. The second kappa shape index (κ2) is 6.35. The van der Waals surface area contributed by atoms with Crippen LogP contribution in [0.3, 0.4) is 0 Å². The van der Waals surface area contributed by atoms with Gasteiger partial charge in [0.05, 0.1) is 0 Å². The fraction of sp³-hybridized carbons (Fsp3) is 0.889. The summed E-state index contributed by atoms with van der Waals surface area (Å²) in [5.74, 6) is 0.454. The molecule has 0 aliphatic heterocycles. The average Bonchev–Trinajstić information content (AvgIpc) is 2.07. The van der Waals surface area contributed by atoms with Crippen molar-refractivity contribution in [2.45, 2.75) is 27.2 Å². The minimum atomic E-state index is 0.454. The van der Waals surface area contributed by atoms with Crippen molar-refractivity contribution >= 4 is 6.21 Å². The summed E-state index contributed by atoms with van der Waals surface area (Å²) in [7, 11) is 0. The fourth-order valence-electron chi connectivity index (χ4n) is 1.11. The van der Waals surface area contributed by atoms with Crippen LogP contribution in [0.15, 0.2) is 0 Å². The molecule has 0 radical (unpaired) electrons. The quantitative estimate of drug-likeness (QED) is 0.585. The Kier molecular flexibility index (Phi) is 6.13. The summed E-state index contributed by atoms with van der Waals surface area (Å²) >= 11 is 0. The molecule has 2 heteroatoms. The highest BCUT2D eigenvalue weighted by atomic mass is 15.1. The zero-order valence-corrected chi connectivity index (χ0v) is 7.93. The van der Waals surface area contributed by atoms with Crippen molar-refractivity contribution in [1.29, 1.82) is 5.41 Å². The van der Waals surface area contributed by atoms with E-state index in [1.54, 1.807) is 6.21 Å². The van der Waals surface area contributed by atoms with E-state index in [2.05, 4.69) is 25.7 Å². The molecule has 0 heterocycles. The minimum Gasteiger partial charge on any atom is -0.313 e. The van der Waals surface area contributed by atoms with Gasteiger partial charge in [0.25, 0.3) is 0 Å². The first kappa shape index (κ1) is 10.6. The first-order valence-electron chi connectivity index (χ1n) is 4.51. The largest absolute Gasteiger partial charge is 0.313 e. The Morgan fingerprint density at radius 1 is 1.27 bits per heavy atom. The summed E-state index contributed by atoms with van der Waals surface area (Å²) in [6.07, 6.45) is 2.65. The van der Waals surface area contributed by atoms with Gasteiger partial charge in [0.2, 0.25) is 0 Å². The van der Waals surface area contributed by atoms with E-state index in [9.17, 15) is 0 Å². The summed E-state index contributed by atoms with van der Waals surface area (Å²) in [6, 6.07) is 0. The van der Waals surface area contributed by atoms with Crippen molar-refractivity contribution in [1.82, 2.24) is 4.90 Å². The second-order valence-electron chi connectivity index (χ2n) is 2.82. The summed E-state index contributed by atoms with van der Waals surface area (Å²) < 4.78 is 0.